The highest BCUT2D eigenvalue weighted by molar-refractivity contribution is 5.66. The smallest absolute Gasteiger partial charge is 0.00972 e. The molecule has 0 atom stereocenters. The molecule has 1 rings (SSSR count). The SMILES string of the molecule is C=CCC=C(CC=C)c1ccccc1. The molecule has 1 aromatic carbocycles. The van der Waals surface area contributed by atoms with Gasteiger partial charge in [-0.2, -0.15) is 0 Å². The molecule has 0 aromatic heterocycles. The van der Waals surface area contributed by atoms with Crippen LogP contribution in [0.15, 0.2) is 61.7 Å². The van der Waals surface area contributed by atoms with Crippen LogP contribution in [-0.4, -0.2) is 0 Å². The van der Waals surface area contributed by atoms with Crippen LogP contribution in [0.1, 0.15) is 18.4 Å². The highest BCUT2D eigenvalue weighted by Crippen LogP contribution is 2.18. The first-order chi connectivity index (χ1) is 6.88. The van der Waals surface area contributed by atoms with E-state index in [2.05, 4.69) is 43.5 Å². The summed E-state index contributed by atoms with van der Waals surface area (Å²) in [6, 6.07) is 10.4. The first-order valence-corrected chi connectivity index (χ1v) is 4.84. The summed E-state index contributed by atoms with van der Waals surface area (Å²) in [6.07, 6.45) is 7.87. The molecule has 0 bridgehead atoms. The molecule has 0 fully saturated rings. The van der Waals surface area contributed by atoms with Gasteiger partial charge in [-0.05, 0) is 24.0 Å². The Balaban J connectivity index is 2.87. The van der Waals surface area contributed by atoms with E-state index in [9.17, 15) is 0 Å². The zero-order valence-corrected chi connectivity index (χ0v) is 8.45. The lowest BCUT2D eigenvalue weighted by Gasteiger charge is -2.04. The molecule has 0 saturated carbocycles. The van der Waals surface area contributed by atoms with Crippen molar-refractivity contribution in [2.75, 3.05) is 0 Å². The van der Waals surface area contributed by atoms with Crippen molar-refractivity contribution in [1.29, 1.82) is 0 Å². The largest absolute Gasteiger partial charge is 0.103 e. The van der Waals surface area contributed by atoms with Gasteiger partial charge >= 0.3 is 0 Å². The van der Waals surface area contributed by atoms with Gasteiger partial charge in [0.1, 0.15) is 0 Å². The molecule has 14 heavy (non-hydrogen) atoms. The van der Waals surface area contributed by atoms with Crippen molar-refractivity contribution < 1.29 is 0 Å². The van der Waals surface area contributed by atoms with Crippen LogP contribution in [0.5, 0.6) is 0 Å². The Morgan fingerprint density at radius 2 is 1.79 bits per heavy atom. The quantitative estimate of drug-likeness (QED) is 0.601. The number of allylic oxidation sites excluding steroid dienone is 4. The molecule has 0 aliphatic heterocycles. The third-order valence-corrected chi connectivity index (χ3v) is 2.04. The predicted octanol–water partition coefficient (Wildman–Crippen LogP) is 4.22. The fraction of sp³-hybridized carbons (Fsp3) is 0.143. The minimum absolute atomic E-state index is 0.915. The lowest BCUT2D eigenvalue weighted by atomic mass is 10.0. The van der Waals surface area contributed by atoms with Crippen LogP contribution in [-0.2, 0) is 0 Å². The summed E-state index contributed by atoms with van der Waals surface area (Å²) < 4.78 is 0. The lowest BCUT2D eigenvalue weighted by Crippen LogP contribution is -1.82. The molecule has 0 N–H and O–H groups in total. The third-order valence-electron chi connectivity index (χ3n) is 2.04. The summed E-state index contributed by atoms with van der Waals surface area (Å²) in [4.78, 5) is 0. The van der Waals surface area contributed by atoms with Gasteiger partial charge in [-0.25, -0.2) is 0 Å². The normalized spacial score (nSPS) is 11.0. The van der Waals surface area contributed by atoms with Crippen molar-refractivity contribution in [2.24, 2.45) is 0 Å². The molecule has 0 spiro atoms. The summed E-state index contributed by atoms with van der Waals surface area (Å²) in [5, 5.41) is 0. The number of rotatable bonds is 5. The van der Waals surface area contributed by atoms with Crippen LogP contribution in [0, 0.1) is 0 Å². The Hall–Kier alpha value is -1.56. The summed E-state index contributed by atoms with van der Waals surface area (Å²) in [5.74, 6) is 0. The van der Waals surface area contributed by atoms with Crippen molar-refractivity contribution in [3.05, 3.63) is 67.3 Å². The first-order valence-electron chi connectivity index (χ1n) is 4.84. The highest BCUT2D eigenvalue weighted by Gasteiger charge is 1.96. The minimum Gasteiger partial charge on any atom is -0.103 e. The second-order valence-electron chi connectivity index (χ2n) is 3.11. The van der Waals surface area contributed by atoms with E-state index < -0.39 is 0 Å². The van der Waals surface area contributed by atoms with Crippen LogP contribution in [0.25, 0.3) is 5.57 Å². The van der Waals surface area contributed by atoms with Gasteiger partial charge in [-0.15, -0.1) is 13.2 Å². The second-order valence-corrected chi connectivity index (χ2v) is 3.11. The predicted molar refractivity (Wildman–Crippen MR) is 64.0 cm³/mol. The molecule has 0 unspecified atom stereocenters. The molecule has 0 aliphatic carbocycles. The second kappa shape index (κ2) is 5.98. The van der Waals surface area contributed by atoms with Gasteiger partial charge in [-0.1, -0.05) is 48.6 Å². The standard InChI is InChI=1S/C14H16/c1-3-5-10-13(9-4-2)14-11-7-6-8-12-14/h3-4,6-8,10-12H,1-2,5,9H2. The van der Waals surface area contributed by atoms with Crippen molar-refractivity contribution in [2.45, 2.75) is 12.8 Å². The van der Waals surface area contributed by atoms with Gasteiger partial charge < -0.3 is 0 Å². The zero-order valence-electron chi connectivity index (χ0n) is 8.45. The van der Waals surface area contributed by atoms with Gasteiger partial charge in [0.05, 0.1) is 0 Å². The van der Waals surface area contributed by atoms with Crippen molar-refractivity contribution in [3.8, 4) is 0 Å². The summed E-state index contributed by atoms with van der Waals surface area (Å²) in [7, 11) is 0. The Morgan fingerprint density at radius 1 is 1.07 bits per heavy atom. The molecule has 0 saturated heterocycles. The zero-order chi connectivity index (χ0) is 10.2. The average Bonchev–Trinajstić information content (AvgIpc) is 2.25. The fourth-order valence-electron chi connectivity index (χ4n) is 1.35. The Labute approximate surface area is 86.3 Å². The van der Waals surface area contributed by atoms with Crippen molar-refractivity contribution >= 4 is 5.57 Å². The van der Waals surface area contributed by atoms with Crippen LogP contribution in [0.4, 0.5) is 0 Å². The van der Waals surface area contributed by atoms with Crippen molar-refractivity contribution in [1.82, 2.24) is 0 Å². The lowest BCUT2D eigenvalue weighted by molar-refractivity contribution is 1.33. The molecule has 72 valence electrons. The van der Waals surface area contributed by atoms with E-state index in [1.807, 2.05) is 18.2 Å². The molecule has 0 heteroatoms. The molecule has 0 radical (unpaired) electrons. The van der Waals surface area contributed by atoms with Gasteiger partial charge in [0, 0.05) is 0 Å². The molecule has 0 amide bonds. The minimum atomic E-state index is 0.915. The van der Waals surface area contributed by atoms with Crippen LogP contribution >= 0.6 is 0 Å². The van der Waals surface area contributed by atoms with E-state index in [1.54, 1.807) is 0 Å². The number of hydrogen-bond acceptors (Lipinski definition) is 0. The maximum absolute atomic E-state index is 3.77. The summed E-state index contributed by atoms with van der Waals surface area (Å²) >= 11 is 0. The fourth-order valence-corrected chi connectivity index (χ4v) is 1.35. The highest BCUT2D eigenvalue weighted by atomic mass is 14.0. The molecule has 0 nitrogen and oxygen atoms in total. The summed E-state index contributed by atoms with van der Waals surface area (Å²) in [6.45, 7) is 7.48. The van der Waals surface area contributed by atoms with E-state index in [0.717, 1.165) is 12.8 Å². The Morgan fingerprint density at radius 3 is 2.36 bits per heavy atom. The third kappa shape index (κ3) is 3.06. The van der Waals surface area contributed by atoms with E-state index in [1.165, 1.54) is 11.1 Å². The molecular weight excluding hydrogens is 168 g/mol. The molecule has 0 heterocycles. The van der Waals surface area contributed by atoms with E-state index in [4.69, 9.17) is 0 Å². The summed E-state index contributed by atoms with van der Waals surface area (Å²) in [5.41, 5.74) is 2.59. The van der Waals surface area contributed by atoms with E-state index >= 15 is 0 Å². The molecule has 0 aliphatic rings. The van der Waals surface area contributed by atoms with Gasteiger partial charge in [-0.3, -0.25) is 0 Å². The van der Waals surface area contributed by atoms with Crippen LogP contribution in [0.2, 0.25) is 0 Å². The van der Waals surface area contributed by atoms with E-state index in [0.29, 0.717) is 0 Å². The number of benzene rings is 1. The Bertz CT molecular complexity index is 317. The molecule has 1 aromatic rings. The van der Waals surface area contributed by atoms with Crippen LogP contribution in [0.3, 0.4) is 0 Å². The Kier molecular flexibility index (Phi) is 4.49. The maximum atomic E-state index is 3.77. The molecular formula is C14H16. The average molecular weight is 184 g/mol. The van der Waals surface area contributed by atoms with Gasteiger partial charge in [0.2, 0.25) is 0 Å². The van der Waals surface area contributed by atoms with Crippen LogP contribution < -0.4 is 0 Å². The van der Waals surface area contributed by atoms with Gasteiger partial charge in [0.25, 0.3) is 0 Å². The number of hydrogen-bond donors (Lipinski definition) is 0. The van der Waals surface area contributed by atoms with Gasteiger partial charge in [0.15, 0.2) is 0 Å². The maximum Gasteiger partial charge on any atom is -0.00972 e. The first kappa shape index (κ1) is 10.5. The monoisotopic (exact) mass is 184 g/mol. The van der Waals surface area contributed by atoms with E-state index in [-0.39, 0.29) is 0 Å². The topological polar surface area (TPSA) is 0 Å². The van der Waals surface area contributed by atoms with Crippen molar-refractivity contribution in [3.63, 3.8) is 0 Å².